The van der Waals surface area contributed by atoms with Crippen LogP contribution in [0.2, 0.25) is 5.02 Å². The Balaban J connectivity index is 1.90. The summed E-state index contributed by atoms with van der Waals surface area (Å²) in [6.07, 6.45) is 0.697. The molecule has 1 atom stereocenters. The molecule has 1 fully saturated rings. The van der Waals surface area contributed by atoms with Gasteiger partial charge in [-0.2, -0.15) is 0 Å². The molecule has 0 aliphatic carbocycles. The van der Waals surface area contributed by atoms with Crippen molar-refractivity contribution in [3.8, 4) is 0 Å². The summed E-state index contributed by atoms with van der Waals surface area (Å²) in [6, 6.07) is 7.32. The Kier molecular flexibility index (Phi) is 5.35. The minimum absolute atomic E-state index is 0.136. The number of ether oxygens (including phenoxy) is 1. The summed E-state index contributed by atoms with van der Waals surface area (Å²) in [6.45, 7) is 6.80. The first-order valence-electron chi connectivity index (χ1n) is 7.68. The molecule has 1 aliphatic heterocycles. The van der Waals surface area contributed by atoms with Crippen LogP contribution in [0.25, 0.3) is 0 Å². The molecule has 4 nitrogen and oxygen atoms in total. The summed E-state index contributed by atoms with van der Waals surface area (Å²) < 4.78 is 5.38. The fourth-order valence-electron chi connectivity index (χ4n) is 2.69. The Morgan fingerprint density at radius 1 is 1.36 bits per heavy atom. The summed E-state index contributed by atoms with van der Waals surface area (Å²) in [5.41, 5.74) is 0.358. The number of hydrogen-bond donors (Lipinski definition) is 1. The van der Waals surface area contributed by atoms with Crippen molar-refractivity contribution in [3.63, 3.8) is 0 Å². The average molecular weight is 326 g/mol. The third kappa shape index (κ3) is 4.62. The van der Waals surface area contributed by atoms with Crippen LogP contribution in [0, 0.1) is 5.92 Å². The second-order valence-electron chi connectivity index (χ2n) is 6.80. The normalized spacial score (nSPS) is 18.1. The second-order valence-corrected chi connectivity index (χ2v) is 7.24. The quantitative estimate of drug-likeness (QED) is 0.893. The van der Waals surface area contributed by atoms with Crippen molar-refractivity contribution >= 4 is 17.7 Å². The van der Waals surface area contributed by atoms with Crippen LogP contribution < -0.4 is 0 Å². The molecule has 0 aromatic heterocycles. The molecule has 5 heteroatoms. The number of halogens is 1. The fourth-order valence-corrected chi connectivity index (χ4v) is 2.89. The molecule has 0 saturated carbocycles. The van der Waals surface area contributed by atoms with Crippen molar-refractivity contribution < 1.29 is 14.6 Å². The van der Waals surface area contributed by atoms with Gasteiger partial charge in [-0.1, -0.05) is 23.7 Å². The first-order valence-corrected chi connectivity index (χ1v) is 8.05. The van der Waals surface area contributed by atoms with Crippen molar-refractivity contribution in [2.45, 2.75) is 45.3 Å². The molecule has 0 spiro atoms. The SMILES string of the molecule is CC(C)(C)OC(=O)N1CCC(C(O)c2cccc(Cl)c2)CC1. The van der Waals surface area contributed by atoms with E-state index in [0.29, 0.717) is 18.1 Å². The van der Waals surface area contributed by atoms with Gasteiger partial charge in [-0.15, -0.1) is 0 Å². The molecule has 2 rings (SSSR count). The number of benzene rings is 1. The summed E-state index contributed by atoms with van der Waals surface area (Å²) in [7, 11) is 0. The van der Waals surface area contributed by atoms with E-state index >= 15 is 0 Å². The van der Waals surface area contributed by atoms with Gasteiger partial charge in [0.25, 0.3) is 0 Å². The zero-order chi connectivity index (χ0) is 16.3. The number of hydrogen-bond acceptors (Lipinski definition) is 3. The highest BCUT2D eigenvalue weighted by Crippen LogP contribution is 2.32. The van der Waals surface area contributed by atoms with Crippen molar-refractivity contribution in [3.05, 3.63) is 34.9 Å². The number of nitrogens with zero attached hydrogens (tertiary/aromatic N) is 1. The molecule has 1 amide bonds. The van der Waals surface area contributed by atoms with E-state index in [9.17, 15) is 9.90 Å². The predicted octanol–water partition coefficient (Wildman–Crippen LogP) is 4.02. The Hall–Kier alpha value is -1.26. The molecule has 1 saturated heterocycles. The minimum Gasteiger partial charge on any atom is -0.444 e. The Bertz CT molecular complexity index is 519. The molecule has 0 bridgehead atoms. The molecule has 122 valence electrons. The Morgan fingerprint density at radius 2 is 2.00 bits per heavy atom. The van der Waals surface area contributed by atoms with E-state index in [1.807, 2.05) is 32.9 Å². The van der Waals surface area contributed by atoms with Crippen molar-refractivity contribution in [2.24, 2.45) is 5.92 Å². The standard InChI is InChI=1S/C17H24ClNO3/c1-17(2,3)22-16(21)19-9-7-12(8-10-19)15(20)13-5-4-6-14(18)11-13/h4-6,11-12,15,20H,7-10H2,1-3H3. The summed E-state index contributed by atoms with van der Waals surface area (Å²) >= 11 is 5.97. The number of rotatable bonds is 2. The monoisotopic (exact) mass is 325 g/mol. The van der Waals surface area contributed by atoms with Gasteiger partial charge in [-0.3, -0.25) is 0 Å². The number of likely N-dealkylation sites (tertiary alicyclic amines) is 1. The van der Waals surface area contributed by atoms with Gasteiger partial charge in [-0.05, 0) is 57.2 Å². The molecule has 0 radical (unpaired) electrons. The number of aliphatic hydroxyl groups is 1. The molecular weight excluding hydrogens is 302 g/mol. The van der Waals surface area contributed by atoms with E-state index < -0.39 is 11.7 Å². The fraction of sp³-hybridized carbons (Fsp3) is 0.588. The zero-order valence-corrected chi connectivity index (χ0v) is 14.1. The van der Waals surface area contributed by atoms with Gasteiger partial charge in [0.1, 0.15) is 5.60 Å². The van der Waals surface area contributed by atoms with E-state index in [2.05, 4.69) is 0 Å². The van der Waals surface area contributed by atoms with Gasteiger partial charge < -0.3 is 14.7 Å². The van der Waals surface area contributed by atoms with Crippen molar-refractivity contribution in [1.82, 2.24) is 4.90 Å². The molecule has 1 aliphatic rings. The maximum Gasteiger partial charge on any atom is 0.410 e. The van der Waals surface area contributed by atoms with Gasteiger partial charge in [0.05, 0.1) is 6.10 Å². The maximum atomic E-state index is 12.0. The molecule has 1 heterocycles. The highest BCUT2D eigenvalue weighted by Gasteiger charge is 2.30. The van der Waals surface area contributed by atoms with Crippen molar-refractivity contribution in [2.75, 3.05) is 13.1 Å². The van der Waals surface area contributed by atoms with Crippen molar-refractivity contribution in [1.29, 1.82) is 0 Å². The smallest absolute Gasteiger partial charge is 0.410 e. The lowest BCUT2D eigenvalue weighted by Crippen LogP contribution is -2.42. The zero-order valence-electron chi connectivity index (χ0n) is 13.4. The largest absolute Gasteiger partial charge is 0.444 e. The van der Waals surface area contributed by atoms with E-state index in [1.165, 1.54) is 0 Å². The van der Waals surface area contributed by atoms with Crippen LogP contribution in [-0.4, -0.2) is 34.8 Å². The second kappa shape index (κ2) is 6.88. The van der Waals surface area contributed by atoms with Gasteiger partial charge >= 0.3 is 6.09 Å². The maximum absolute atomic E-state index is 12.0. The number of piperidine rings is 1. The molecule has 1 aromatic carbocycles. The van der Waals surface area contributed by atoms with Crippen LogP contribution in [0.15, 0.2) is 24.3 Å². The molecule has 1 N–H and O–H groups in total. The third-order valence-electron chi connectivity index (χ3n) is 3.83. The highest BCUT2D eigenvalue weighted by atomic mass is 35.5. The topological polar surface area (TPSA) is 49.8 Å². The number of carbonyl (C=O) groups is 1. The van der Waals surface area contributed by atoms with Crippen LogP contribution in [0.5, 0.6) is 0 Å². The van der Waals surface area contributed by atoms with Gasteiger partial charge in [-0.25, -0.2) is 4.79 Å². The summed E-state index contributed by atoms with van der Waals surface area (Å²) in [5.74, 6) is 0.136. The minimum atomic E-state index is -0.542. The first kappa shape index (κ1) is 17.1. The lowest BCUT2D eigenvalue weighted by Gasteiger charge is -2.35. The van der Waals surface area contributed by atoms with Gasteiger partial charge in [0.15, 0.2) is 0 Å². The molecule has 1 unspecified atom stereocenters. The van der Waals surface area contributed by atoms with Crippen LogP contribution in [0.4, 0.5) is 4.79 Å². The highest BCUT2D eigenvalue weighted by molar-refractivity contribution is 6.30. The van der Waals surface area contributed by atoms with Gasteiger partial charge in [0.2, 0.25) is 0 Å². The molecule has 1 aromatic rings. The van der Waals surface area contributed by atoms with Crippen LogP contribution in [0.1, 0.15) is 45.3 Å². The Labute approximate surface area is 137 Å². The summed E-state index contributed by atoms with van der Waals surface area (Å²) in [5, 5.41) is 11.1. The Morgan fingerprint density at radius 3 is 2.55 bits per heavy atom. The lowest BCUT2D eigenvalue weighted by molar-refractivity contribution is 0.00767. The molecular formula is C17H24ClNO3. The molecule has 22 heavy (non-hydrogen) atoms. The van der Waals surface area contributed by atoms with E-state index in [0.717, 1.165) is 18.4 Å². The summed E-state index contributed by atoms with van der Waals surface area (Å²) in [4.78, 5) is 13.7. The van der Waals surface area contributed by atoms with E-state index in [4.69, 9.17) is 16.3 Å². The third-order valence-corrected chi connectivity index (χ3v) is 4.06. The van der Waals surface area contributed by atoms with E-state index in [1.54, 1.807) is 17.0 Å². The van der Waals surface area contributed by atoms with Gasteiger partial charge in [0, 0.05) is 18.1 Å². The predicted molar refractivity (Wildman–Crippen MR) is 86.9 cm³/mol. The number of carbonyl (C=O) groups excluding carboxylic acids is 1. The lowest BCUT2D eigenvalue weighted by atomic mass is 9.87. The van der Waals surface area contributed by atoms with Crippen LogP contribution in [0.3, 0.4) is 0 Å². The number of aliphatic hydroxyl groups excluding tert-OH is 1. The van der Waals surface area contributed by atoms with Crippen LogP contribution in [-0.2, 0) is 4.74 Å². The number of amides is 1. The first-order chi connectivity index (χ1) is 10.3. The van der Waals surface area contributed by atoms with Crippen LogP contribution >= 0.6 is 11.6 Å². The van der Waals surface area contributed by atoms with E-state index in [-0.39, 0.29) is 12.0 Å². The average Bonchev–Trinajstić information content (AvgIpc) is 2.45.